The number of hydrogen-bond donors (Lipinski definition) is 1. The van der Waals surface area contributed by atoms with Crippen molar-refractivity contribution in [2.24, 2.45) is 5.92 Å². The number of rotatable bonds is 10. The molecule has 2 rings (SSSR count). The number of ether oxygens (including phenoxy) is 1. The number of nitrogens with one attached hydrogen (secondary N) is 1. The van der Waals surface area contributed by atoms with E-state index >= 15 is 0 Å². The molecule has 0 aliphatic rings. The first-order valence-electron chi connectivity index (χ1n) is 10.1. The lowest BCUT2D eigenvalue weighted by Crippen LogP contribution is -2.50. The first-order valence-corrected chi connectivity index (χ1v) is 11.2. The van der Waals surface area contributed by atoms with Crippen LogP contribution in [0.3, 0.4) is 0 Å². The van der Waals surface area contributed by atoms with Gasteiger partial charge in [0.15, 0.2) is 6.61 Å². The van der Waals surface area contributed by atoms with Crippen LogP contribution in [-0.2, 0) is 16.1 Å². The molecule has 0 fully saturated rings. The number of hydrogen-bond acceptors (Lipinski definition) is 3. The fourth-order valence-corrected chi connectivity index (χ4v) is 3.63. The second-order valence-corrected chi connectivity index (χ2v) is 8.79. The summed E-state index contributed by atoms with van der Waals surface area (Å²) in [5.41, 5.74) is 0.747. The zero-order valence-electron chi connectivity index (χ0n) is 17.8. The first-order chi connectivity index (χ1) is 14.7. The van der Waals surface area contributed by atoms with Gasteiger partial charge in [-0.15, -0.1) is 0 Å². The highest BCUT2D eigenvalue weighted by Crippen LogP contribution is 2.28. The maximum Gasteiger partial charge on any atom is 0.261 e. The van der Waals surface area contributed by atoms with Crippen LogP contribution in [0.5, 0.6) is 5.75 Å². The average Bonchev–Trinajstić information content (AvgIpc) is 2.72. The number of halogens is 3. The third-order valence-corrected chi connectivity index (χ3v) is 5.51. The van der Waals surface area contributed by atoms with Crippen LogP contribution in [0, 0.1) is 5.92 Å². The van der Waals surface area contributed by atoms with Crippen molar-refractivity contribution in [1.29, 1.82) is 0 Å². The summed E-state index contributed by atoms with van der Waals surface area (Å²) >= 11 is 18.4. The van der Waals surface area contributed by atoms with Crippen molar-refractivity contribution < 1.29 is 14.3 Å². The molecule has 0 radical (unpaired) electrons. The van der Waals surface area contributed by atoms with Crippen molar-refractivity contribution in [3.05, 3.63) is 63.1 Å². The lowest BCUT2D eigenvalue weighted by atomic mass is 10.1. The van der Waals surface area contributed by atoms with Gasteiger partial charge in [-0.3, -0.25) is 9.59 Å². The summed E-state index contributed by atoms with van der Waals surface area (Å²) in [5.74, 6) is 0.0811. The van der Waals surface area contributed by atoms with E-state index in [1.54, 1.807) is 24.3 Å². The van der Waals surface area contributed by atoms with Crippen LogP contribution in [0.4, 0.5) is 0 Å². The van der Waals surface area contributed by atoms with E-state index in [1.807, 2.05) is 39.0 Å². The molecule has 1 N–H and O–H groups in total. The average molecular weight is 486 g/mol. The van der Waals surface area contributed by atoms with Gasteiger partial charge in [-0.05, 0) is 42.2 Å². The second kappa shape index (κ2) is 12.2. The number of carbonyl (C=O) groups is 2. The molecular weight excluding hydrogens is 459 g/mol. The lowest BCUT2D eigenvalue weighted by Gasteiger charge is -2.31. The van der Waals surface area contributed by atoms with Crippen molar-refractivity contribution in [1.82, 2.24) is 10.2 Å². The maximum absolute atomic E-state index is 13.2. The zero-order chi connectivity index (χ0) is 23.0. The number of carbonyl (C=O) groups excluding carboxylic acids is 2. The highest BCUT2D eigenvalue weighted by Gasteiger charge is 2.29. The molecule has 0 heterocycles. The molecule has 5 nitrogen and oxygen atoms in total. The van der Waals surface area contributed by atoms with Gasteiger partial charge in [0.1, 0.15) is 11.8 Å². The molecule has 0 aliphatic carbocycles. The molecule has 1 atom stereocenters. The standard InChI is InChI=1S/C23H27Cl3N2O3/c1-4-20(23(30)27-12-15(2)3)28(13-16-7-5-6-8-18(16)25)22(29)14-31-21-10-9-17(24)11-19(21)26/h5-11,15,20H,4,12-14H2,1-3H3,(H,27,30)/t20-/m1/s1. The maximum atomic E-state index is 13.2. The highest BCUT2D eigenvalue weighted by atomic mass is 35.5. The van der Waals surface area contributed by atoms with Crippen molar-refractivity contribution in [3.8, 4) is 5.75 Å². The topological polar surface area (TPSA) is 58.6 Å². The van der Waals surface area contributed by atoms with Crippen molar-refractivity contribution in [2.75, 3.05) is 13.2 Å². The Kier molecular flexibility index (Phi) is 9.94. The minimum atomic E-state index is -0.660. The largest absolute Gasteiger partial charge is 0.482 e. The van der Waals surface area contributed by atoms with Crippen LogP contribution in [0.1, 0.15) is 32.8 Å². The van der Waals surface area contributed by atoms with Gasteiger partial charge in [-0.2, -0.15) is 0 Å². The van der Waals surface area contributed by atoms with Gasteiger partial charge in [0.25, 0.3) is 5.91 Å². The van der Waals surface area contributed by atoms with Crippen LogP contribution in [0.2, 0.25) is 15.1 Å². The first kappa shape index (κ1) is 25.3. The van der Waals surface area contributed by atoms with Gasteiger partial charge in [-0.25, -0.2) is 0 Å². The van der Waals surface area contributed by atoms with E-state index in [1.165, 1.54) is 4.90 Å². The van der Waals surface area contributed by atoms with Crippen LogP contribution in [0.15, 0.2) is 42.5 Å². The molecule has 2 aromatic carbocycles. The minimum absolute atomic E-state index is 0.184. The highest BCUT2D eigenvalue weighted by molar-refractivity contribution is 6.35. The Morgan fingerprint density at radius 3 is 2.39 bits per heavy atom. The van der Waals surface area contributed by atoms with Crippen LogP contribution < -0.4 is 10.1 Å². The molecular formula is C23H27Cl3N2O3. The van der Waals surface area contributed by atoms with Crippen LogP contribution >= 0.6 is 34.8 Å². The van der Waals surface area contributed by atoms with Crippen molar-refractivity contribution in [2.45, 2.75) is 39.8 Å². The normalized spacial score (nSPS) is 11.8. The molecule has 2 amide bonds. The summed E-state index contributed by atoms with van der Waals surface area (Å²) in [6.07, 6.45) is 0.446. The summed E-state index contributed by atoms with van der Waals surface area (Å²) < 4.78 is 5.63. The molecule has 0 saturated carbocycles. The molecule has 0 bridgehead atoms. The summed E-state index contributed by atoms with van der Waals surface area (Å²) in [6, 6.07) is 11.3. The van der Waals surface area contributed by atoms with E-state index in [9.17, 15) is 9.59 Å². The smallest absolute Gasteiger partial charge is 0.261 e. The lowest BCUT2D eigenvalue weighted by molar-refractivity contribution is -0.143. The third-order valence-electron chi connectivity index (χ3n) is 4.61. The molecule has 0 spiro atoms. The fraction of sp³-hybridized carbons (Fsp3) is 0.391. The molecule has 31 heavy (non-hydrogen) atoms. The Morgan fingerprint density at radius 1 is 1.06 bits per heavy atom. The van der Waals surface area contributed by atoms with Gasteiger partial charge in [0, 0.05) is 23.1 Å². The molecule has 0 unspecified atom stereocenters. The van der Waals surface area contributed by atoms with Gasteiger partial charge >= 0.3 is 0 Å². The van der Waals surface area contributed by atoms with E-state index in [0.717, 1.165) is 5.56 Å². The summed E-state index contributed by atoms with van der Waals surface area (Å²) in [6.45, 7) is 6.32. The predicted molar refractivity (Wildman–Crippen MR) is 126 cm³/mol. The Bertz CT molecular complexity index is 905. The number of amides is 2. The van der Waals surface area contributed by atoms with E-state index in [4.69, 9.17) is 39.5 Å². The molecule has 168 valence electrons. The Hall–Kier alpha value is -1.95. The van der Waals surface area contributed by atoms with Crippen molar-refractivity contribution in [3.63, 3.8) is 0 Å². The molecule has 2 aromatic rings. The van der Waals surface area contributed by atoms with Gasteiger partial charge in [-0.1, -0.05) is 73.8 Å². The van der Waals surface area contributed by atoms with Gasteiger partial charge < -0.3 is 15.0 Å². The monoisotopic (exact) mass is 484 g/mol. The molecule has 8 heteroatoms. The molecule has 0 saturated heterocycles. The quantitative estimate of drug-likeness (QED) is 0.476. The fourth-order valence-electron chi connectivity index (χ4n) is 2.97. The van der Waals surface area contributed by atoms with Crippen LogP contribution in [-0.4, -0.2) is 35.9 Å². The third kappa shape index (κ3) is 7.60. The van der Waals surface area contributed by atoms with Crippen molar-refractivity contribution >= 4 is 46.6 Å². The number of benzene rings is 2. The molecule has 0 aliphatic heterocycles. The number of nitrogens with zero attached hydrogens (tertiary/aromatic N) is 1. The van der Waals surface area contributed by atoms with Gasteiger partial charge in [0.2, 0.25) is 5.91 Å². The predicted octanol–water partition coefficient (Wildman–Crippen LogP) is 5.61. The Labute approximate surface area is 198 Å². The van der Waals surface area contributed by atoms with Gasteiger partial charge in [0.05, 0.1) is 5.02 Å². The zero-order valence-corrected chi connectivity index (χ0v) is 20.1. The van der Waals surface area contributed by atoms with Crippen LogP contribution in [0.25, 0.3) is 0 Å². The van der Waals surface area contributed by atoms with E-state index in [2.05, 4.69) is 5.32 Å². The molecule has 0 aromatic heterocycles. The van der Waals surface area contributed by atoms with E-state index in [0.29, 0.717) is 39.7 Å². The summed E-state index contributed by atoms with van der Waals surface area (Å²) in [4.78, 5) is 27.5. The van der Waals surface area contributed by atoms with E-state index < -0.39 is 6.04 Å². The Balaban J connectivity index is 2.23. The SMILES string of the molecule is CC[C@H](C(=O)NCC(C)C)N(Cc1ccccc1Cl)C(=O)COc1ccc(Cl)cc1Cl. The summed E-state index contributed by atoms with van der Waals surface area (Å²) in [7, 11) is 0. The minimum Gasteiger partial charge on any atom is -0.482 e. The Morgan fingerprint density at radius 2 is 1.77 bits per heavy atom. The van der Waals surface area contributed by atoms with E-state index in [-0.39, 0.29) is 25.0 Å². The second-order valence-electron chi connectivity index (χ2n) is 7.54. The summed E-state index contributed by atoms with van der Waals surface area (Å²) in [5, 5.41) is 4.22.